The van der Waals surface area contributed by atoms with E-state index in [1.165, 1.54) is 141 Å². The number of rotatable bonds is 52. The zero-order valence-corrected chi connectivity index (χ0v) is 45.3. The summed E-state index contributed by atoms with van der Waals surface area (Å²) >= 11 is 0. The van der Waals surface area contributed by atoms with Gasteiger partial charge >= 0.3 is 17.9 Å². The van der Waals surface area contributed by atoms with Gasteiger partial charge in [-0.25, -0.2) is 0 Å². The Labute approximate surface area is 426 Å². The Balaban J connectivity index is 4.48. The second-order valence-corrected chi connectivity index (χ2v) is 19.3. The first-order chi connectivity index (χ1) is 34.0. The maximum Gasteiger partial charge on any atom is 0.306 e. The molecule has 0 rings (SSSR count). The topological polar surface area (TPSA) is 78.9 Å². The van der Waals surface area contributed by atoms with Crippen molar-refractivity contribution in [2.24, 2.45) is 0 Å². The van der Waals surface area contributed by atoms with Gasteiger partial charge in [0.05, 0.1) is 0 Å². The predicted molar refractivity (Wildman–Crippen MR) is 297 cm³/mol. The molecule has 6 nitrogen and oxygen atoms in total. The molecule has 0 aliphatic rings. The lowest BCUT2D eigenvalue weighted by Gasteiger charge is -2.18. The SMILES string of the molecule is CCCCC\C=C/C=C\C=C/C=C\CCCCCCCC(=O)OCC(COC(=O)CCCCC/C=C\C=C/CCCCCCCCC)OC(=O)CCCCCCCCC/C=C\CCCCCCCC. The van der Waals surface area contributed by atoms with Crippen molar-refractivity contribution >= 4 is 17.9 Å². The van der Waals surface area contributed by atoms with E-state index in [4.69, 9.17) is 14.2 Å². The van der Waals surface area contributed by atoms with Crippen LogP contribution in [-0.4, -0.2) is 37.2 Å². The summed E-state index contributed by atoms with van der Waals surface area (Å²) in [6.07, 6.45) is 74.2. The minimum Gasteiger partial charge on any atom is -0.462 e. The summed E-state index contributed by atoms with van der Waals surface area (Å²) in [6.45, 7) is 6.56. The second-order valence-electron chi connectivity index (χ2n) is 19.3. The van der Waals surface area contributed by atoms with E-state index in [2.05, 4.69) is 106 Å². The molecule has 1 atom stereocenters. The lowest BCUT2D eigenvalue weighted by molar-refractivity contribution is -0.167. The van der Waals surface area contributed by atoms with E-state index in [9.17, 15) is 14.4 Å². The third-order valence-corrected chi connectivity index (χ3v) is 12.5. The summed E-state index contributed by atoms with van der Waals surface area (Å²) in [7, 11) is 0. The van der Waals surface area contributed by atoms with Gasteiger partial charge in [0.15, 0.2) is 6.10 Å². The molecule has 0 bridgehead atoms. The molecule has 0 amide bonds. The Bertz CT molecular complexity index is 1330. The summed E-state index contributed by atoms with van der Waals surface area (Å²) in [5.41, 5.74) is 0. The van der Waals surface area contributed by atoms with Gasteiger partial charge in [-0.05, 0) is 96.3 Å². The fourth-order valence-corrected chi connectivity index (χ4v) is 8.03. The molecule has 0 N–H and O–H groups in total. The van der Waals surface area contributed by atoms with Crippen LogP contribution in [0, 0.1) is 0 Å². The quantitative estimate of drug-likeness (QED) is 0.0199. The highest BCUT2D eigenvalue weighted by molar-refractivity contribution is 5.71. The van der Waals surface area contributed by atoms with Crippen molar-refractivity contribution < 1.29 is 28.6 Å². The lowest BCUT2D eigenvalue weighted by atomic mass is 10.1. The van der Waals surface area contributed by atoms with Crippen molar-refractivity contribution in [2.75, 3.05) is 13.2 Å². The molecule has 0 aliphatic heterocycles. The average Bonchev–Trinajstić information content (AvgIpc) is 3.35. The maximum atomic E-state index is 12.9. The highest BCUT2D eigenvalue weighted by Crippen LogP contribution is 2.14. The summed E-state index contributed by atoms with van der Waals surface area (Å²) in [5.74, 6) is -0.944. The fraction of sp³-hybridized carbons (Fsp3) is 0.730. The molecule has 0 radical (unpaired) electrons. The van der Waals surface area contributed by atoms with Gasteiger partial charge in [-0.1, -0.05) is 247 Å². The van der Waals surface area contributed by atoms with E-state index in [0.29, 0.717) is 19.3 Å². The van der Waals surface area contributed by atoms with E-state index in [0.717, 1.165) is 96.3 Å². The monoisotopic (exact) mass is 961 g/mol. The number of hydrogen-bond acceptors (Lipinski definition) is 6. The van der Waals surface area contributed by atoms with Crippen LogP contribution in [0.2, 0.25) is 0 Å². The van der Waals surface area contributed by atoms with Crippen LogP contribution in [0.25, 0.3) is 0 Å². The third kappa shape index (κ3) is 55.4. The van der Waals surface area contributed by atoms with E-state index >= 15 is 0 Å². The number of hydrogen-bond donors (Lipinski definition) is 0. The van der Waals surface area contributed by atoms with Crippen molar-refractivity contribution in [1.82, 2.24) is 0 Å². The molecule has 0 aromatic rings. The minimum atomic E-state index is -0.801. The van der Waals surface area contributed by atoms with Gasteiger partial charge in [0, 0.05) is 19.3 Å². The molecular formula is C63H108O6. The maximum absolute atomic E-state index is 12.9. The van der Waals surface area contributed by atoms with Gasteiger partial charge in [-0.3, -0.25) is 14.4 Å². The molecule has 0 aromatic carbocycles. The molecule has 1 unspecified atom stereocenters. The average molecular weight is 962 g/mol. The van der Waals surface area contributed by atoms with Crippen LogP contribution >= 0.6 is 0 Å². The molecule has 396 valence electrons. The lowest BCUT2D eigenvalue weighted by Crippen LogP contribution is -2.30. The normalized spacial score (nSPS) is 12.7. The first-order valence-electron chi connectivity index (χ1n) is 29.2. The summed E-state index contributed by atoms with van der Waals surface area (Å²) < 4.78 is 16.8. The fourth-order valence-electron chi connectivity index (χ4n) is 8.03. The highest BCUT2D eigenvalue weighted by atomic mass is 16.6. The molecule has 0 aliphatic carbocycles. The number of unbranched alkanes of at least 4 members (excludes halogenated alkanes) is 31. The molecule has 0 saturated carbocycles. The molecular weight excluding hydrogens is 853 g/mol. The van der Waals surface area contributed by atoms with Crippen molar-refractivity contribution in [3.8, 4) is 0 Å². The second kappa shape index (κ2) is 57.2. The zero-order valence-electron chi connectivity index (χ0n) is 45.3. The van der Waals surface area contributed by atoms with Crippen molar-refractivity contribution in [1.29, 1.82) is 0 Å². The number of carbonyl (C=O) groups excluding carboxylic acids is 3. The van der Waals surface area contributed by atoms with E-state index < -0.39 is 6.10 Å². The molecule has 6 heteroatoms. The number of esters is 3. The van der Waals surface area contributed by atoms with Gasteiger partial charge in [0.25, 0.3) is 0 Å². The van der Waals surface area contributed by atoms with Crippen molar-refractivity contribution in [3.63, 3.8) is 0 Å². The Kier molecular flexibility index (Phi) is 54.3. The third-order valence-electron chi connectivity index (χ3n) is 12.5. The Morgan fingerprint density at radius 1 is 0.290 bits per heavy atom. The molecule has 0 spiro atoms. The zero-order chi connectivity index (χ0) is 50.0. The largest absolute Gasteiger partial charge is 0.462 e. The van der Waals surface area contributed by atoms with Crippen LogP contribution in [0.15, 0.2) is 85.1 Å². The van der Waals surface area contributed by atoms with Crippen molar-refractivity contribution in [2.45, 2.75) is 284 Å². The first-order valence-corrected chi connectivity index (χ1v) is 29.2. The van der Waals surface area contributed by atoms with Crippen LogP contribution < -0.4 is 0 Å². The van der Waals surface area contributed by atoms with Gasteiger partial charge in [-0.15, -0.1) is 0 Å². The smallest absolute Gasteiger partial charge is 0.306 e. The van der Waals surface area contributed by atoms with Gasteiger partial charge in [0.2, 0.25) is 0 Å². The Morgan fingerprint density at radius 2 is 0.536 bits per heavy atom. The van der Waals surface area contributed by atoms with Crippen LogP contribution in [0.3, 0.4) is 0 Å². The molecule has 0 saturated heterocycles. The predicted octanol–water partition coefficient (Wildman–Crippen LogP) is 19.5. The molecule has 0 heterocycles. The highest BCUT2D eigenvalue weighted by Gasteiger charge is 2.19. The summed E-state index contributed by atoms with van der Waals surface area (Å²) in [5, 5.41) is 0. The first kappa shape index (κ1) is 65.6. The van der Waals surface area contributed by atoms with Crippen LogP contribution in [0.5, 0.6) is 0 Å². The number of carbonyl (C=O) groups is 3. The van der Waals surface area contributed by atoms with Crippen molar-refractivity contribution in [3.05, 3.63) is 85.1 Å². The Morgan fingerprint density at radius 3 is 0.913 bits per heavy atom. The summed E-state index contributed by atoms with van der Waals surface area (Å²) in [4.78, 5) is 38.2. The Hall–Kier alpha value is -3.41. The molecule has 0 fully saturated rings. The minimum absolute atomic E-state index is 0.0990. The number of allylic oxidation sites excluding steroid dienone is 14. The van der Waals surface area contributed by atoms with Crippen LogP contribution in [0.1, 0.15) is 278 Å². The van der Waals surface area contributed by atoms with Crippen LogP contribution in [-0.2, 0) is 28.6 Å². The van der Waals surface area contributed by atoms with E-state index in [1.807, 2.05) is 0 Å². The van der Waals surface area contributed by atoms with E-state index in [-0.39, 0.29) is 31.1 Å². The molecule has 69 heavy (non-hydrogen) atoms. The van der Waals surface area contributed by atoms with Gasteiger partial charge in [0.1, 0.15) is 13.2 Å². The van der Waals surface area contributed by atoms with Crippen LogP contribution in [0.4, 0.5) is 0 Å². The molecule has 0 aromatic heterocycles. The van der Waals surface area contributed by atoms with Gasteiger partial charge in [-0.2, -0.15) is 0 Å². The number of ether oxygens (including phenoxy) is 3. The summed E-state index contributed by atoms with van der Waals surface area (Å²) in [6, 6.07) is 0. The standard InChI is InChI=1S/C63H108O6/c1-4-7-10-13-16-19-22-25-28-31-33-35-38-41-44-47-50-53-56-62(65)68-59-60(58-67-61(64)55-52-49-46-43-40-37-34-30-27-24-21-18-15-12-9-6-3)69-63(66)57-54-51-48-45-42-39-36-32-29-26-23-20-17-14-11-8-5-2/h16,19,22,25-26,28-31,33-35,37,40,60H,4-15,17-18,20-21,23-24,27,32,36,38-39,41-59H2,1-3H3/b19-16-,25-22-,29-26-,31-28-,34-30-,35-33-,40-37-. The van der Waals surface area contributed by atoms with Gasteiger partial charge < -0.3 is 14.2 Å². The van der Waals surface area contributed by atoms with E-state index in [1.54, 1.807) is 0 Å².